The van der Waals surface area contributed by atoms with Gasteiger partial charge in [-0.2, -0.15) is 4.98 Å². The lowest BCUT2D eigenvalue weighted by molar-refractivity contribution is -0.140. The molecular formula is C13H21N3O3. The molecule has 6 heteroatoms. The van der Waals surface area contributed by atoms with Gasteiger partial charge in [0.1, 0.15) is 0 Å². The van der Waals surface area contributed by atoms with Crippen LogP contribution in [0.4, 0.5) is 0 Å². The fourth-order valence-electron chi connectivity index (χ4n) is 2.98. The molecule has 0 aromatic carbocycles. The predicted molar refractivity (Wildman–Crippen MR) is 67.8 cm³/mol. The largest absolute Gasteiger partial charge is 0.381 e. The van der Waals surface area contributed by atoms with Gasteiger partial charge in [-0.25, -0.2) is 0 Å². The van der Waals surface area contributed by atoms with Crippen LogP contribution in [0.3, 0.4) is 0 Å². The minimum atomic E-state index is 0.0559. The molecule has 1 atom stereocenters. The summed E-state index contributed by atoms with van der Waals surface area (Å²) < 4.78 is 16.2. The molecule has 0 aliphatic carbocycles. The number of hydrogen-bond acceptors (Lipinski definition) is 6. The van der Waals surface area contributed by atoms with E-state index in [0.29, 0.717) is 6.04 Å². The van der Waals surface area contributed by atoms with Gasteiger partial charge in [-0.15, -0.1) is 0 Å². The molecule has 0 amide bonds. The molecule has 0 saturated carbocycles. The smallest absolute Gasteiger partial charge is 0.213 e. The molecule has 1 aromatic rings. The van der Waals surface area contributed by atoms with Crippen LogP contribution in [0.25, 0.3) is 0 Å². The molecule has 2 aliphatic rings. The Morgan fingerprint density at radius 1 is 1.32 bits per heavy atom. The molecule has 0 radical (unpaired) electrons. The SMILES string of the molecule is c1nc(CCNC2CCOC3(CCOCC3)C2)no1. The van der Waals surface area contributed by atoms with Crippen molar-refractivity contribution in [1.29, 1.82) is 0 Å². The van der Waals surface area contributed by atoms with E-state index in [4.69, 9.17) is 14.0 Å². The Morgan fingerprint density at radius 3 is 3.00 bits per heavy atom. The summed E-state index contributed by atoms with van der Waals surface area (Å²) >= 11 is 0. The number of hydrogen-bond donors (Lipinski definition) is 1. The molecule has 6 nitrogen and oxygen atoms in total. The highest BCUT2D eigenvalue weighted by Crippen LogP contribution is 2.34. The normalized spacial score (nSPS) is 26.6. The van der Waals surface area contributed by atoms with Crippen molar-refractivity contribution in [3.05, 3.63) is 12.2 Å². The van der Waals surface area contributed by atoms with Crippen LogP contribution in [0.1, 0.15) is 31.5 Å². The monoisotopic (exact) mass is 267 g/mol. The number of rotatable bonds is 4. The van der Waals surface area contributed by atoms with Gasteiger partial charge in [-0.05, 0) is 25.7 Å². The standard InChI is InChI=1S/C13H21N3O3/c1(12-15-10-19-16-12)5-14-11-2-6-18-13(9-11)3-7-17-8-4-13/h10-11,14H,1-9H2. The van der Waals surface area contributed by atoms with E-state index >= 15 is 0 Å². The van der Waals surface area contributed by atoms with Crippen molar-refractivity contribution in [2.24, 2.45) is 0 Å². The van der Waals surface area contributed by atoms with Gasteiger partial charge in [0.2, 0.25) is 6.39 Å². The second-order valence-electron chi connectivity index (χ2n) is 5.39. The molecule has 106 valence electrons. The van der Waals surface area contributed by atoms with Gasteiger partial charge in [-0.3, -0.25) is 0 Å². The zero-order valence-corrected chi connectivity index (χ0v) is 11.1. The van der Waals surface area contributed by atoms with E-state index in [9.17, 15) is 0 Å². The van der Waals surface area contributed by atoms with Crippen molar-refractivity contribution in [2.45, 2.75) is 43.7 Å². The Morgan fingerprint density at radius 2 is 2.21 bits per heavy atom. The summed E-state index contributed by atoms with van der Waals surface area (Å²) in [5, 5.41) is 7.40. The average molecular weight is 267 g/mol. The first kappa shape index (κ1) is 13.0. The van der Waals surface area contributed by atoms with Gasteiger partial charge in [0, 0.05) is 38.8 Å². The molecule has 1 unspecified atom stereocenters. The predicted octanol–water partition coefficient (Wildman–Crippen LogP) is 0.930. The Labute approximate surface area is 112 Å². The number of aromatic nitrogens is 2. The van der Waals surface area contributed by atoms with Crippen LogP contribution in [0.2, 0.25) is 0 Å². The molecular weight excluding hydrogens is 246 g/mol. The third-order valence-corrected chi connectivity index (χ3v) is 4.09. The molecule has 2 aliphatic heterocycles. The maximum Gasteiger partial charge on any atom is 0.213 e. The van der Waals surface area contributed by atoms with Crippen molar-refractivity contribution in [3.8, 4) is 0 Å². The first-order valence-electron chi connectivity index (χ1n) is 7.07. The summed E-state index contributed by atoms with van der Waals surface area (Å²) in [5.74, 6) is 0.764. The summed E-state index contributed by atoms with van der Waals surface area (Å²) in [7, 11) is 0. The van der Waals surface area contributed by atoms with Crippen LogP contribution in [-0.2, 0) is 15.9 Å². The number of nitrogens with one attached hydrogen (secondary N) is 1. The Balaban J connectivity index is 1.45. The van der Waals surface area contributed by atoms with E-state index in [1.807, 2.05) is 0 Å². The van der Waals surface area contributed by atoms with Gasteiger partial charge in [0.05, 0.1) is 5.60 Å². The third kappa shape index (κ3) is 3.32. The van der Waals surface area contributed by atoms with Crippen molar-refractivity contribution in [3.63, 3.8) is 0 Å². The van der Waals surface area contributed by atoms with Crippen molar-refractivity contribution >= 4 is 0 Å². The Kier molecular flexibility index (Phi) is 4.10. The topological polar surface area (TPSA) is 69.4 Å². The fourth-order valence-corrected chi connectivity index (χ4v) is 2.98. The van der Waals surface area contributed by atoms with E-state index in [2.05, 4.69) is 15.5 Å². The summed E-state index contributed by atoms with van der Waals surface area (Å²) in [4.78, 5) is 4.02. The second kappa shape index (κ2) is 5.98. The maximum atomic E-state index is 6.03. The molecule has 19 heavy (non-hydrogen) atoms. The van der Waals surface area contributed by atoms with Gasteiger partial charge in [-0.1, -0.05) is 5.16 Å². The van der Waals surface area contributed by atoms with Gasteiger partial charge < -0.3 is 19.3 Å². The van der Waals surface area contributed by atoms with Crippen LogP contribution in [0, 0.1) is 0 Å². The van der Waals surface area contributed by atoms with Crippen LogP contribution >= 0.6 is 0 Å². The first-order chi connectivity index (χ1) is 9.36. The molecule has 2 fully saturated rings. The summed E-state index contributed by atoms with van der Waals surface area (Å²) in [6.45, 7) is 3.39. The molecule has 1 spiro atoms. The zero-order chi connectivity index (χ0) is 13.0. The quantitative estimate of drug-likeness (QED) is 0.875. The lowest BCUT2D eigenvalue weighted by atomic mass is 9.84. The zero-order valence-electron chi connectivity index (χ0n) is 11.1. The minimum Gasteiger partial charge on any atom is -0.381 e. The highest BCUT2D eigenvalue weighted by Gasteiger charge is 2.38. The van der Waals surface area contributed by atoms with Crippen molar-refractivity contribution in [1.82, 2.24) is 15.5 Å². The van der Waals surface area contributed by atoms with E-state index in [1.54, 1.807) is 0 Å². The summed E-state index contributed by atoms with van der Waals surface area (Å²) in [6.07, 6.45) is 6.40. The fraction of sp³-hybridized carbons (Fsp3) is 0.846. The minimum absolute atomic E-state index is 0.0559. The molecule has 1 N–H and O–H groups in total. The van der Waals surface area contributed by atoms with E-state index in [1.165, 1.54) is 6.39 Å². The van der Waals surface area contributed by atoms with Gasteiger partial charge >= 0.3 is 0 Å². The maximum absolute atomic E-state index is 6.03. The van der Waals surface area contributed by atoms with Crippen LogP contribution in [0.5, 0.6) is 0 Å². The lowest BCUT2D eigenvalue weighted by Gasteiger charge is -2.43. The molecule has 1 aromatic heterocycles. The summed E-state index contributed by atoms with van der Waals surface area (Å²) in [5.41, 5.74) is 0.0559. The molecule has 0 bridgehead atoms. The second-order valence-corrected chi connectivity index (χ2v) is 5.39. The van der Waals surface area contributed by atoms with Crippen LogP contribution < -0.4 is 5.32 Å². The molecule has 3 rings (SSSR count). The third-order valence-electron chi connectivity index (χ3n) is 4.09. The van der Waals surface area contributed by atoms with Crippen LogP contribution in [0.15, 0.2) is 10.9 Å². The average Bonchev–Trinajstić information content (AvgIpc) is 2.93. The van der Waals surface area contributed by atoms with Crippen molar-refractivity contribution in [2.75, 3.05) is 26.4 Å². The molecule has 2 saturated heterocycles. The van der Waals surface area contributed by atoms with E-state index < -0.39 is 0 Å². The van der Waals surface area contributed by atoms with Crippen LogP contribution in [-0.4, -0.2) is 48.1 Å². The van der Waals surface area contributed by atoms with Crippen molar-refractivity contribution < 1.29 is 14.0 Å². The molecule has 3 heterocycles. The Hall–Kier alpha value is -0.980. The summed E-state index contributed by atoms with van der Waals surface area (Å²) in [6, 6.07) is 0.527. The lowest BCUT2D eigenvalue weighted by Crippen LogP contribution is -2.50. The number of nitrogens with zero attached hydrogens (tertiary/aromatic N) is 2. The first-order valence-corrected chi connectivity index (χ1v) is 7.07. The Bertz CT molecular complexity index is 371. The highest BCUT2D eigenvalue weighted by molar-refractivity contribution is 4.92. The van der Waals surface area contributed by atoms with Gasteiger partial charge in [0.15, 0.2) is 5.82 Å². The van der Waals surface area contributed by atoms with E-state index in [0.717, 1.165) is 64.3 Å². The van der Waals surface area contributed by atoms with E-state index in [-0.39, 0.29) is 5.60 Å². The highest BCUT2D eigenvalue weighted by atomic mass is 16.5. The number of ether oxygens (including phenoxy) is 2. The van der Waals surface area contributed by atoms with Gasteiger partial charge in [0.25, 0.3) is 0 Å².